The van der Waals surface area contributed by atoms with Crippen molar-refractivity contribution < 1.29 is 75.4 Å². The van der Waals surface area contributed by atoms with Crippen LogP contribution in [0.2, 0.25) is 0 Å². The van der Waals surface area contributed by atoms with Crippen LogP contribution in [-0.2, 0) is 47.4 Å². The average molecular weight is 1010 g/mol. The molecule has 0 heterocycles. The van der Waals surface area contributed by atoms with Crippen LogP contribution in [0.5, 0.6) is 0 Å². The van der Waals surface area contributed by atoms with Gasteiger partial charge in [-0.1, -0.05) is 144 Å². The predicted molar refractivity (Wildman–Crippen MR) is 249 cm³/mol. The van der Waals surface area contributed by atoms with Crippen LogP contribution in [0.15, 0.2) is 109 Å². The summed E-state index contributed by atoms with van der Waals surface area (Å²) in [7, 11) is 0. The van der Waals surface area contributed by atoms with Crippen molar-refractivity contribution in [1.29, 1.82) is 0 Å². The SMILES string of the molecule is CC(C)(C)C1=CC(C)(C)c2cc3[cH-]c4cc5c(cc4c3cc21)C(C(C)(C)C)=CC5(C)C.CC1[C-]=CC(C(C)(C)C)=C1.FC(F)(F)c1cccc([C](=[Zr+2])c2cccc(C(F)(F)F)c2)c1.[Cl-].[Cl-]. The second-order valence-electron chi connectivity index (χ2n) is 21.7. The van der Waals surface area contributed by atoms with E-state index in [2.05, 4.69) is 158 Å². The van der Waals surface area contributed by atoms with Gasteiger partial charge >= 0.3 is 137 Å². The maximum atomic E-state index is 12.7. The van der Waals surface area contributed by atoms with Gasteiger partial charge in [-0.2, -0.15) is 11.6 Å². The summed E-state index contributed by atoms with van der Waals surface area (Å²) in [4.78, 5) is 0. The molecule has 8 rings (SSSR count). The Balaban J connectivity index is 0.000000237. The summed E-state index contributed by atoms with van der Waals surface area (Å²) in [6, 6.07) is 21.5. The first-order chi connectivity index (χ1) is 28.7. The Morgan fingerprint density at radius 3 is 1.26 bits per heavy atom. The van der Waals surface area contributed by atoms with E-state index in [0.717, 1.165) is 48.5 Å². The van der Waals surface area contributed by atoms with Crippen LogP contribution in [0.3, 0.4) is 0 Å². The topological polar surface area (TPSA) is 0 Å². The molecule has 1 unspecified atom stereocenters. The molecule has 0 saturated heterocycles. The maximum absolute atomic E-state index is 12.7. The van der Waals surface area contributed by atoms with E-state index in [0.29, 0.717) is 14.5 Å². The number of halogens is 8. The van der Waals surface area contributed by atoms with Crippen LogP contribution in [0.25, 0.3) is 32.7 Å². The van der Waals surface area contributed by atoms with Crippen molar-refractivity contribution >= 4 is 35.9 Å². The molecule has 0 bridgehead atoms. The van der Waals surface area contributed by atoms with E-state index < -0.39 is 23.5 Å². The van der Waals surface area contributed by atoms with E-state index in [-0.39, 0.29) is 57.6 Å². The van der Waals surface area contributed by atoms with E-state index in [4.69, 9.17) is 0 Å². The monoisotopic (exact) mass is 1010 g/mol. The zero-order chi connectivity index (χ0) is 47.0. The summed E-state index contributed by atoms with van der Waals surface area (Å²) in [6.45, 7) is 32.3. The molecular formula is C56H60Cl2F6Zr-2. The van der Waals surface area contributed by atoms with E-state index in [1.807, 2.05) is 0 Å². The van der Waals surface area contributed by atoms with Gasteiger partial charge in [0.25, 0.3) is 0 Å². The molecule has 65 heavy (non-hydrogen) atoms. The van der Waals surface area contributed by atoms with E-state index in [9.17, 15) is 26.3 Å². The minimum atomic E-state index is -4.49. The Morgan fingerprint density at radius 1 is 0.585 bits per heavy atom. The van der Waals surface area contributed by atoms with Gasteiger partial charge in [0, 0.05) is 10.8 Å². The summed E-state index contributed by atoms with van der Waals surface area (Å²) < 4.78 is 76.7. The molecule has 0 saturated carbocycles. The Labute approximate surface area is 410 Å². The molecule has 0 fully saturated rings. The first kappa shape index (κ1) is 54.2. The molecule has 3 aliphatic carbocycles. The van der Waals surface area contributed by atoms with Crippen LogP contribution in [0.1, 0.15) is 141 Å². The Morgan fingerprint density at radius 2 is 0.969 bits per heavy atom. The number of hydrogen-bond acceptors (Lipinski definition) is 0. The van der Waals surface area contributed by atoms with Crippen LogP contribution in [0.4, 0.5) is 26.3 Å². The van der Waals surface area contributed by atoms with Crippen LogP contribution >= 0.6 is 0 Å². The van der Waals surface area contributed by atoms with Crippen molar-refractivity contribution in [2.75, 3.05) is 0 Å². The Hall–Kier alpha value is -3.38. The van der Waals surface area contributed by atoms with Crippen molar-refractivity contribution in [2.24, 2.45) is 22.2 Å². The number of rotatable bonds is 2. The molecule has 1 atom stereocenters. The van der Waals surface area contributed by atoms with Crippen molar-refractivity contribution in [2.45, 2.75) is 120 Å². The number of benzene rings is 4. The van der Waals surface area contributed by atoms with E-state index in [1.54, 1.807) is 0 Å². The Bertz CT molecular complexity index is 2570. The van der Waals surface area contributed by atoms with Gasteiger partial charge in [-0.15, -0.1) is 39.7 Å². The molecule has 0 N–H and O–H groups in total. The van der Waals surface area contributed by atoms with E-state index in [1.165, 1.54) is 84.8 Å². The molecule has 0 aromatic heterocycles. The fourth-order valence-electron chi connectivity index (χ4n) is 8.81. The van der Waals surface area contributed by atoms with Crippen LogP contribution in [0, 0.1) is 28.2 Å². The molecule has 9 heteroatoms. The van der Waals surface area contributed by atoms with Gasteiger partial charge in [0.05, 0.1) is 0 Å². The summed E-state index contributed by atoms with van der Waals surface area (Å²) in [5, 5.41) is 5.58. The van der Waals surface area contributed by atoms with Crippen molar-refractivity contribution in [3.63, 3.8) is 0 Å². The third-order valence-corrected chi connectivity index (χ3v) is 13.7. The zero-order valence-corrected chi connectivity index (χ0v) is 43.9. The molecule has 3 aliphatic rings. The number of allylic oxidation sites excluding steroid dienone is 8. The summed E-state index contributed by atoms with van der Waals surface area (Å²) in [5.41, 5.74) is 9.90. The molecule has 0 amide bonds. The fraction of sp³-hybridized carbons (Fsp3) is 0.393. The molecule has 0 spiro atoms. The predicted octanol–water partition coefficient (Wildman–Crippen LogP) is 11.0. The summed E-state index contributed by atoms with van der Waals surface area (Å²) in [5.74, 6) is 0.522. The van der Waals surface area contributed by atoms with Crippen LogP contribution < -0.4 is 24.8 Å². The number of alkyl halides is 6. The smallest absolute Gasteiger partial charge is 1.00 e. The first-order valence-corrected chi connectivity index (χ1v) is 22.9. The molecular weight excluding hydrogens is 949 g/mol. The standard InChI is InChI=1S/C31H37.C15H8F6.C10H15.2ClH.Zr/c1-28(2,3)26-16-30(7,8)24-12-18-11-19-13-25-23(15-21(19)20(18)14-22(24)26)27(29(4,5)6)17-31(25,9)10;16-14(17,18)12-5-1-3-10(8-12)7-11-4-2-6-13(9-11)15(19,20)21;1-8-5-6-9(7-8)10(2,3)4;;;/h11-17H,1-10H3;1-6,8-9H;6-8H,1-4H3;2*1H;/q-1;;-1;;;+2/p-2. The normalized spacial score (nSPS) is 17.4. The minimum Gasteiger partial charge on any atom is -1.00 e. The van der Waals surface area contributed by atoms with Crippen LogP contribution in [-0.4, -0.2) is 3.21 Å². The van der Waals surface area contributed by atoms with E-state index >= 15 is 0 Å². The van der Waals surface area contributed by atoms with Gasteiger partial charge in [0.2, 0.25) is 0 Å². The van der Waals surface area contributed by atoms with Crippen molar-refractivity contribution in [1.82, 2.24) is 0 Å². The van der Waals surface area contributed by atoms with Gasteiger partial charge in [0.15, 0.2) is 0 Å². The largest absolute Gasteiger partial charge is 1.00 e. The second kappa shape index (κ2) is 18.6. The van der Waals surface area contributed by atoms with Crippen molar-refractivity contribution in [3.8, 4) is 0 Å². The summed E-state index contributed by atoms with van der Waals surface area (Å²) >= 11 is 0.729. The molecule has 0 nitrogen and oxygen atoms in total. The Kier molecular flexibility index (Phi) is 15.5. The van der Waals surface area contributed by atoms with Gasteiger partial charge in [-0.05, 0) is 33.1 Å². The molecule has 5 aromatic carbocycles. The van der Waals surface area contributed by atoms with Gasteiger partial charge in [0.1, 0.15) is 0 Å². The average Bonchev–Trinajstić information content (AvgIpc) is 3.90. The molecule has 346 valence electrons. The zero-order valence-electron chi connectivity index (χ0n) is 39.9. The molecule has 0 radical (unpaired) electrons. The number of hydrogen-bond donors (Lipinski definition) is 0. The molecule has 5 aromatic rings. The first-order valence-electron chi connectivity index (χ1n) is 21.6. The third kappa shape index (κ3) is 11.7. The number of fused-ring (bicyclic) bond motifs is 5. The molecule has 0 aliphatic heterocycles. The third-order valence-electron chi connectivity index (χ3n) is 12.3. The maximum Gasteiger partial charge on any atom is -1.00 e. The van der Waals surface area contributed by atoms with Gasteiger partial charge < -0.3 is 24.8 Å². The minimum absolute atomic E-state index is 0. The van der Waals surface area contributed by atoms with Crippen molar-refractivity contribution in [3.05, 3.63) is 159 Å². The fourth-order valence-corrected chi connectivity index (χ4v) is 9.58. The van der Waals surface area contributed by atoms with Gasteiger partial charge in [-0.25, -0.2) is 6.08 Å². The quantitative estimate of drug-likeness (QED) is 0.122. The van der Waals surface area contributed by atoms with Gasteiger partial charge in [-0.3, -0.25) is 6.08 Å². The summed E-state index contributed by atoms with van der Waals surface area (Å²) in [6.07, 6.45) is 3.68. The second-order valence-corrected chi connectivity index (χ2v) is 22.9.